The Bertz CT molecular complexity index is 548. The molecular weight excluding hydrogens is 266 g/mol. The standard InChI is InChI=1S/C13H13NO2S2/c1-8-2-4-9(5-3-8)12-14-10(7-18-12)6-11(17)13(15)16/h2-5,7,11,17H,6H2,1H3,(H,15,16). The van der Waals surface area contributed by atoms with E-state index in [0.29, 0.717) is 6.42 Å². The van der Waals surface area contributed by atoms with E-state index in [-0.39, 0.29) is 0 Å². The summed E-state index contributed by atoms with van der Waals surface area (Å²) in [5.41, 5.74) is 3.04. The summed E-state index contributed by atoms with van der Waals surface area (Å²) >= 11 is 5.54. The van der Waals surface area contributed by atoms with Crippen molar-refractivity contribution in [1.29, 1.82) is 0 Å². The minimum absolute atomic E-state index is 0.348. The van der Waals surface area contributed by atoms with Gasteiger partial charge in [0.05, 0.1) is 5.69 Å². The van der Waals surface area contributed by atoms with E-state index in [4.69, 9.17) is 5.11 Å². The molecule has 0 bridgehead atoms. The molecule has 94 valence electrons. The molecule has 0 radical (unpaired) electrons. The fourth-order valence-corrected chi connectivity index (χ4v) is 2.54. The Morgan fingerprint density at radius 1 is 1.44 bits per heavy atom. The number of aliphatic carboxylic acids is 1. The lowest BCUT2D eigenvalue weighted by atomic mass is 10.2. The van der Waals surface area contributed by atoms with Crippen LogP contribution in [-0.2, 0) is 11.2 Å². The molecule has 2 rings (SSSR count). The van der Waals surface area contributed by atoms with Crippen molar-refractivity contribution in [2.75, 3.05) is 0 Å². The molecule has 1 N–H and O–H groups in total. The molecule has 1 unspecified atom stereocenters. The van der Waals surface area contributed by atoms with Gasteiger partial charge in [0.1, 0.15) is 10.3 Å². The van der Waals surface area contributed by atoms with Crippen molar-refractivity contribution in [1.82, 2.24) is 4.98 Å². The predicted octanol–water partition coefficient (Wildman–Crippen LogP) is 3.04. The van der Waals surface area contributed by atoms with Crippen molar-refractivity contribution in [3.8, 4) is 10.6 Å². The Kier molecular flexibility index (Phi) is 4.04. The van der Waals surface area contributed by atoms with Crippen molar-refractivity contribution in [3.63, 3.8) is 0 Å². The molecule has 0 spiro atoms. The van der Waals surface area contributed by atoms with Gasteiger partial charge in [-0.25, -0.2) is 4.98 Å². The minimum Gasteiger partial charge on any atom is -0.480 e. The highest BCUT2D eigenvalue weighted by Crippen LogP contribution is 2.24. The molecule has 1 atom stereocenters. The van der Waals surface area contributed by atoms with Crippen LogP contribution in [0.5, 0.6) is 0 Å². The van der Waals surface area contributed by atoms with Crippen molar-refractivity contribution in [2.24, 2.45) is 0 Å². The van der Waals surface area contributed by atoms with Crippen LogP contribution >= 0.6 is 24.0 Å². The van der Waals surface area contributed by atoms with Gasteiger partial charge in [0.2, 0.25) is 0 Å². The average molecular weight is 279 g/mol. The summed E-state index contributed by atoms with van der Waals surface area (Å²) in [6, 6.07) is 8.12. The van der Waals surface area contributed by atoms with Crippen LogP contribution in [0.2, 0.25) is 0 Å². The fourth-order valence-electron chi connectivity index (χ4n) is 1.51. The molecule has 0 aliphatic rings. The number of carboxylic acids is 1. The first-order chi connectivity index (χ1) is 8.56. The number of carbonyl (C=O) groups is 1. The zero-order chi connectivity index (χ0) is 13.1. The van der Waals surface area contributed by atoms with Crippen LogP contribution in [0.25, 0.3) is 10.6 Å². The lowest BCUT2D eigenvalue weighted by Gasteiger charge is -2.01. The highest BCUT2D eigenvalue weighted by Gasteiger charge is 2.15. The molecule has 0 amide bonds. The summed E-state index contributed by atoms with van der Waals surface area (Å²) in [5, 5.41) is 10.9. The Hall–Kier alpha value is -1.33. The van der Waals surface area contributed by atoms with Crippen molar-refractivity contribution in [2.45, 2.75) is 18.6 Å². The Labute approximate surface area is 115 Å². The number of nitrogens with zero attached hydrogens (tertiary/aromatic N) is 1. The number of thiol groups is 1. The van der Waals surface area contributed by atoms with Crippen LogP contribution in [0.3, 0.4) is 0 Å². The van der Waals surface area contributed by atoms with E-state index in [1.807, 2.05) is 36.6 Å². The van der Waals surface area contributed by atoms with Crippen LogP contribution in [0, 0.1) is 6.92 Å². The fraction of sp³-hybridized carbons (Fsp3) is 0.231. The molecule has 0 aliphatic carbocycles. The topological polar surface area (TPSA) is 50.2 Å². The molecule has 0 saturated carbocycles. The van der Waals surface area contributed by atoms with Crippen LogP contribution in [0.1, 0.15) is 11.3 Å². The number of aryl methyl sites for hydroxylation is 1. The van der Waals surface area contributed by atoms with Gasteiger partial charge in [0.15, 0.2) is 0 Å². The van der Waals surface area contributed by atoms with Gasteiger partial charge < -0.3 is 5.11 Å². The summed E-state index contributed by atoms with van der Waals surface area (Å²) in [6.07, 6.45) is 0.348. The summed E-state index contributed by atoms with van der Waals surface area (Å²) in [4.78, 5) is 15.2. The Morgan fingerprint density at radius 2 is 2.11 bits per heavy atom. The first kappa shape index (κ1) is 13.1. The number of hydrogen-bond acceptors (Lipinski definition) is 4. The highest BCUT2D eigenvalue weighted by atomic mass is 32.1. The van der Waals surface area contributed by atoms with E-state index in [1.165, 1.54) is 16.9 Å². The number of aromatic nitrogens is 1. The summed E-state index contributed by atoms with van der Waals surface area (Å²) < 4.78 is 0. The predicted molar refractivity (Wildman–Crippen MR) is 76.4 cm³/mol. The first-order valence-corrected chi connectivity index (χ1v) is 6.88. The maximum atomic E-state index is 10.7. The maximum Gasteiger partial charge on any atom is 0.316 e. The summed E-state index contributed by atoms with van der Waals surface area (Å²) in [6.45, 7) is 2.04. The van der Waals surface area contributed by atoms with E-state index >= 15 is 0 Å². The summed E-state index contributed by atoms with van der Waals surface area (Å²) in [5.74, 6) is -0.914. The van der Waals surface area contributed by atoms with Gasteiger partial charge in [-0.2, -0.15) is 12.6 Å². The van der Waals surface area contributed by atoms with Crippen molar-refractivity contribution < 1.29 is 9.90 Å². The number of thiazole rings is 1. The molecule has 5 heteroatoms. The number of carboxylic acid groups (broad SMARTS) is 1. The number of hydrogen-bond donors (Lipinski definition) is 2. The van der Waals surface area contributed by atoms with Crippen LogP contribution in [0.4, 0.5) is 0 Å². The second kappa shape index (κ2) is 5.54. The van der Waals surface area contributed by atoms with Gasteiger partial charge in [0, 0.05) is 17.4 Å². The van der Waals surface area contributed by atoms with Gasteiger partial charge >= 0.3 is 5.97 Å². The second-order valence-electron chi connectivity index (χ2n) is 4.07. The molecule has 0 aliphatic heterocycles. The van der Waals surface area contributed by atoms with E-state index in [0.717, 1.165) is 16.3 Å². The highest BCUT2D eigenvalue weighted by molar-refractivity contribution is 7.81. The van der Waals surface area contributed by atoms with E-state index in [9.17, 15) is 4.79 Å². The minimum atomic E-state index is -0.914. The molecule has 3 nitrogen and oxygen atoms in total. The van der Waals surface area contributed by atoms with Gasteiger partial charge in [0.25, 0.3) is 0 Å². The molecule has 1 aromatic heterocycles. The van der Waals surface area contributed by atoms with E-state index in [2.05, 4.69) is 17.6 Å². The van der Waals surface area contributed by atoms with Crippen LogP contribution in [0.15, 0.2) is 29.6 Å². The second-order valence-corrected chi connectivity index (χ2v) is 5.55. The van der Waals surface area contributed by atoms with Crippen molar-refractivity contribution in [3.05, 3.63) is 40.9 Å². The number of benzene rings is 1. The maximum absolute atomic E-state index is 10.7. The third kappa shape index (κ3) is 3.11. The monoisotopic (exact) mass is 279 g/mol. The zero-order valence-electron chi connectivity index (χ0n) is 9.83. The average Bonchev–Trinajstić information content (AvgIpc) is 2.78. The van der Waals surface area contributed by atoms with Crippen molar-refractivity contribution >= 4 is 29.9 Å². The normalized spacial score (nSPS) is 12.3. The van der Waals surface area contributed by atoms with Gasteiger partial charge in [-0.1, -0.05) is 29.8 Å². The smallest absolute Gasteiger partial charge is 0.316 e. The van der Waals surface area contributed by atoms with E-state index in [1.54, 1.807) is 0 Å². The third-order valence-corrected chi connectivity index (χ3v) is 3.88. The molecule has 1 heterocycles. The van der Waals surface area contributed by atoms with Crippen LogP contribution in [-0.4, -0.2) is 21.3 Å². The molecule has 2 aromatic rings. The number of rotatable bonds is 4. The molecular formula is C13H13NO2S2. The Morgan fingerprint density at radius 3 is 2.72 bits per heavy atom. The van der Waals surface area contributed by atoms with Crippen LogP contribution < -0.4 is 0 Å². The Balaban J connectivity index is 2.15. The zero-order valence-corrected chi connectivity index (χ0v) is 11.5. The molecule has 1 aromatic carbocycles. The lowest BCUT2D eigenvalue weighted by molar-refractivity contribution is -0.136. The van der Waals surface area contributed by atoms with Gasteiger partial charge in [-0.15, -0.1) is 11.3 Å². The molecule has 0 saturated heterocycles. The van der Waals surface area contributed by atoms with Gasteiger partial charge in [-0.3, -0.25) is 4.79 Å². The largest absolute Gasteiger partial charge is 0.480 e. The quantitative estimate of drug-likeness (QED) is 0.846. The summed E-state index contributed by atoms with van der Waals surface area (Å²) in [7, 11) is 0. The lowest BCUT2D eigenvalue weighted by Crippen LogP contribution is -2.16. The molecule has 0 fully saturated rings. The van der Waals surface area contributed by atoms with E-state index < -0.39 is 11.2 Å². The third-order valence-electron chi connectivity index (χ3n) is 2.54. The first-order valence-electron chi connectivity index (χ1n) is 5.48. The molecule has 18 heavy (non-hydrogen) atoms. The van der Waals surface area contributed by atoms with Gasteiger partial charge in [-0.05, 0) is 6.92 Å². The SMILES string of the molecule is Cc1ccc(-c2nc(CC(S)C(=O)O)cs2)cc1.